The Bertz CT molecular complexity index is 237. The van der Waals surface area contributed by atoms with Crippen molar-refractivity contribution in [1.82, 2.24) is 0 Å². The summed E-state index contributed by atoms with van der Waals surface area (Å²) in [7, 11) is 0. The van der Waals surface area contributed by atoms with Crippen LogP contribution in [0.1, 0.15) is 5.56 Å². The third-order valence-corrected chi connectivity index (χ3v) is 2.30. The molecule has 0 heterocycles. The number of hydrogen-bond donors (Lipinski definition) is 2. The molecule has 2 N–H and O–H groups in total. The van der Waals surface area contributed by atoms with Gasteiger partial charge in [0.05, 0.1) is 5.02 Å². The predicted molar refractivity (Wildman–Crippen MR) is 47.9 cm³/mol. The first-order valence-electron chi connectivity index (χ1n) is 2.86. The minimum Gasteiger partial charge on any atom is -0.399 e. The summed E-state index contributed by atoms with van der Waals surface area (Å²) >= 11 is 9.93. The number of benzene rings is 1. The van der Waals surface area contributed by atoms with E-state index in [-0.39, 0.29) is 0 Å². The molecular weight excluding hydrogens is 166 g/mol. The molecule has 0 spiro atoms. The summed E-state index contributed by atoms with van der Waals surface area (Å²) in [6.45, 7) is 1.92. The van der Waals surface area contributed by atoms with E-state index in [1.807, 2.05) is 13.0 Å². The Morgan fingerprint density at radius 3 is 2.60 bits per heavy atom. The summed E-state index contributed by atoms with van der Waals surface area (Å²) < 4.78 is 0. The van der Waals surface area contributed by atoms with Crippen molar-refractivity contribution in [3.63, 3.8) is 0 Å². The monoisotopic (exact) mass is 173 g/mol. The normalized spacial score (nSPS) is 9.90. The lowest BCUT2D eigenvalue weighted by Gasteiger charge is -2.01. The van der Waals surface area contributed by atoms with Gasteiger partial charge in [0.2, 0.25) is 0 Å². The van der Waals surface area contributed by atoms with Gasteiger partial charge in [0.25, 0.3) is 0 Å². The molecule has 0 saturated carbocycles. The second kappa shape index (κ2) is 2.72. The van der Waals surface area contributed by atoms with Crippen molar-refractivity contribution in [3.8, 4) is 0 Å². The zero-order chi connectivity index (χ0) is 7.72. The van der Waals surface area contributed by atoms with E-state index in [1.165, 1.54) is 0 Å². The summed E-state index contributed by atoms with van der Waals surface area (Å²) in [6, 6.07) is 3.53. The minimum absolute atomic E-state index is 0.612. The highest BCUT2D eigenvalue weighted by molar-refractivity contribution is 7.80. The first-order chi connectivity index (χ1) is 4.61. The van der Waals surface area contributed by atoms with E-state index >= 15 is 0 Å². The second-order valence-electron chi connectivity index (χ2n) is 2.17. The number of nitrogens with two attached hydrogens (primary N) is 1. The van der Waals surface area contributed by atoms with Gasteiger partial charge in [-0.15, -0.1) is 12.6 Å². The molecule has 1 nitrogen and oxygen atoms in total. The fourth-order valence-electron chi connectivity index (χ4n) is 0.763. The van der Waals surface area contributed by atoms with Crippen LogP contribution < -0.4 is 5.73 Å². The first-order valence-corrected chi connectivity index (χ1v) is 3.68. The summed E-state index contributed by atoms with van der Waals surface area (Å²) in [4.78, 5) is 0.802. The van der Waals surface area contributed by atoms with E-state index in [9.17, 15) is 0 Å². The number of rotatable bonds is 0. The Morgan fingerprint density at radius 1 is 1.50 bits per heavy atom. The molecule has 1 rings (SSSR count). The van der Waals surface area contributed by atoms with Gasteiger partial charge in [0.1, 0.15) is 0 Å². The molecule has 0 aliphatic carbocycles. The van der Waals surface area contributed by atoms with Gasteiger partial charge in [-0.25, -0.2) is 0 Å². The maximum Gasteiger partial charge on any atom is 0.0562 e. The molecule has 0 bridgehead atoms. The molecule has 0 saturated heterocycles. The van der Waals surface area contributed by atoms with Crippen LogP contribution in [-0.2, 0) is 0 Å². The van der Waals surface area contributed by atoms with Crippen molar-refractivity contribution >= 4 is 29.9 Å². The summed E-state index contributed by atoms with van der Waals surface area (Å²) in [5, 5.41) is 0.612. The molecule has 0 unspecified atom stereocenters. The number of anilines is 1. The van der Waals surface area contributed by atoms with Crippen molar-refractivity contribution in [2.75, 3.05) is 5.73 Å². The molecule has 0 radical (unpaired) electrons. The molecule has 3 heteroatoms. The van der Waals surface area contributed by atoms with E-state index in [1.54, 1.807) is 6.07 Å². The fourth-order valence-corrected chi connectivity index (χ4v) is 1.17. The van der Waals surface area contributed by atoms with Crippen molar-refractivity contribution in [2.24, 2.45) is 0 Å². The quantitative estimate of drug-likeness (QED) is 0.458. The molecule has 1 aromatic carbocycles. The molecule has 0 aliphatic heterocycles. The lowest BCUT2D eigenvalue weighted by Crippen LogP contribution is -1.86. The van der Waals surface area contributed by atoms with Crippen molar-refractivity contribution in [1.29, 1.82) is 0 Å². The number of thiol groups is 1. The fraction of sp³-hybridized carbons (Fsp3) is 0.143. The van der Waals surface area contributed by atoms with Crippen LogP contribution in [-0.4, -0.2) is 0 Å². The highest BCUT2D eigenvalue weighted by atomic mass is 35.5. The maximum absolute atomic E-state index is 5.76. The Balaban J connectivity index is 3.31. The molecule has 1 aromatic rings. The van der Waals surface area contributed by atoms with Crippen molar-refractivity contribution in [2.45, 2.75) is 11.8 Å². The van der Waals surface area contributed by atoms with Crippen molar-refractivity contribution in [3.05, 3.63) is 22.7 Å². The van der Waals surface area contributed by atoms with E-state index < -0.39 is 0 Å². The van der Waals surface area contributed by atoms with Gasteiger partial charge in [-0.05, 0) is 24.6 Å². The molecule has 0 amide bonds. The van der Waals surface area contributed by atoms with Crippen LogP contribution in [0.25, 0.3) is 0 Å². The molecule has 0 aliphatic rings. The topological polar surface area (TPSA) is 26.0 Å². The Kier molecular flexibility index (Phi) is 2.11. The van der Waals surface area contributed by atoms with Crippen LogP contribution in [0, 0.1) is 6.92 Å². The molecule has 10 heavy (non-hydrogen) atoms. The van der Waals surface area contributed by atoms with Gasteiger partial charge in [0, 0.05) is 10.6 Å². The van der Waals surface area contributed by atoms with Crippen molar-refractivity contribution < 1.29 is 0 Å². The lowest BCUT2D eigenvalue weighted by atomic mass is 10.2. The third kappa shape index (κ3) is 1.39. The maximum atomic E-state index is 5.76. The van der Waals surface area contributed by atoms with Gasteiger partial charge >= 0.3 is 0 Å². The molecular formula is C7H8ClNS. The van der Waals surface area contributed by atoms with E-state index in [4.69, 9.17) is 17.3 Å². The Labute approximate surface area is 70.6 Å². The van der Waals surface area contributed by atoms with Gasteiger partial charge < -0.3 is 5.73 Å². The smallest absolute Gasteiger partial charge is 0.0562 e. The second-order valence-corrected chi connectivity index (χ2v) is 3.02. The van der Waals surface area contributed by atoms with Gasteiger partial charge in [-0.2, -0.15) is 0 Å². The van der Waals surface area contributed by atoms with E-state index in [2.05, 4.69) is 12.6 Å². The van der Waals surface area contributed by atoms with Crippen LogP contribution in [0.15, 0.2) is 17.0 Å². The summed E-state index contributed by atoms with van der Waals surface area (Å²) in [5.41, 5.74) is 7.20. The zero-order valence-electron chi connectivity index (χ0n) is 5.56. The van der Waals surface area contributed by atoms with E-state index in [0.29, 0.717) is 10.7 Å². The minimum atomic E-state index is 0.612. The number of hydrogen-bond acceptors (Lipinski definition) is 2. The Morgan fingerprint density at radius 2 is 2.10 bits per heavy atom. The highest BCUT2D eigenvalue weighted by Crippen LogP contribution is 2.25. The average molecular weight is 174 g/mol. The van der Waals surface area contributed by atoms with Crippen LogP contribution in [0.5, 0.6) is 0 Å². The van der Waals surface area contributed by atoms with Gasteiger partial charge in [0.15, 0.2) is 0 Å². The van der Waals surface area contributed by atoms with Crippen LogP contribution in [0.4, 0.5) is 5.69 Å². The van der Waals surface area contributed by atoms with Gasteiger partial charge in [-0.1, -0.05) is 11.6 Å². The third-order valence-electron chi connectivity index (χ3n) is 1.28. The average Bonchev–Trinajstić information content (AvgIpc) is 1.82. The standard InChI is InChI=1S/C7H8ClNS/c1-4-2-5(9)3-6(8)7(4)10/h2-3,10H,9H2,1H3. The predicted octanol–water partition coefficient (Wildman–Crippen LogP) is 2.52. The zero-order valence-corrected chi connectivity index (χ0v) is 7.21. The lowest BCUT2D eigenvalue weighted by molar-refractivity contribution is 1.31. The summed E-state index contributed by atoms with van der Waals surface area (Å²) in [5.74, 6) is 0. The van der Waals surface area contributed by atoms with Crippen LogP contribution >= 0.6 is 24.2 Å². The SMILES string of the molecule is Cc1cc(N)cc(Cl)c1S. The molecule has 0 aromatic heterocycles. The van der Waals surface area contributed by atoms with Crippen LogP contribution in [0.2, 0.25) is 5.02 Å². The largest absolute Gasteiger partial charge is 0.399 e. The number of nitrogen functional groups attached to an aromatic ring is 1. The van der Waals surface area contributed by atoms with Gasteiger partial charge in [-0.3, -0.25) is 0 Å². The highest BCUT2D eigenvalue weighted by Gasteiger charge is 1.99. The number of aryl methyl sites for hydroxylation is 1. The summed E-state index contributed by atoms with van der Waals surface area (Å²) in [6.07, 6.45) is 0. The molecule has 54 valence electrons. The van der Waals surface area contributed by atoms with E-state index in [0.717, 1.165) is 10.5 Å². The van der Waals surface area contributed by atoms with Crippen LogP contribution in [0.3, 0.4) is 0 Å². The molecule has 0 fully saturated rings. The molecule has 0 atom stereocenters. The Hall–Kier alpha value is -0.340. The number of halogens is 1. The first kappa shape index (κ1) is 7.76.